The number of benzene rings is 10. The minimum Gasteiger partial charge on any atom is -0.456 e. The Morgan fingerprint density at radius 3 is 1.69 bits per heavy atom. The minimum absolute atomic E-state index is 0.132. The summed E-state index contributed by atoms with van der Waals surface area (Å²) in [4.78, 5) is 2.48. The van der Waals surface area contributed by atoms with Crippen molar-refractivity contribution in [2.24, 2.45) is 0 Å². The van der Waals surface area contributed by atoms with Crippen molar-refractivity contribution < 1.29 is 4.42 Å². The van der Waals surface area contributed by atoms with E-state index in [4.69, 9.17) is 4.42 Å². The van der Waals surface area contributed by atoms with E-state index < -0.39 is 0 Å². The monoisotopic (exact) mass is 831 g/mol. The van der Waals surface area contributed by atoms with E-state index in [0.717, 1.165) is 72.4 Å². The van der Waals surface area contributed by atoms with E-state index in [2.05, 4.69) is 249 Å². The fraction of sp³-hybridized carbons (Fsp3) is 0.0476. The molecule has 11 aromatic rings. The molecule has 0 amide bonds. The van der Waals surface area contributed by atoms with Gasteiger partial charge in [0.05, 0.1) is 11.4 Å². The zero-order valence-corrected chi connectivity index (χ0v) is 36.4. The molecule has 0 unspecified atom stereocenters. The second-order valence-corrected chi connectivity index (χ2v) is 17.6. The van der Waals surface area contributed by atoms with Crippen molar-refractivity contribution in [1.82, 2.24) is 0 Å². The maximum absolute atomic E-state index is 6.52. The molecule has 0 bridgehead atoms. The zero-order chi connectivity index (χ0) is 43.5. The van der Waals surface area contributed by atoms with Gasteiger partial charge in [-0.05, 0) is 115 Å². The maximum Gasteiger partial charge on any atom is 0.136 e. The average Bonchev–Trinajstić information content (AvgIpc) is 3.86. The lowest BCUT2D eigenvalue weighted by atomic mass is 9.81. The Morgan fingerprint density at radius 1 is 0.338 bits per heavy atom. The quantitative estimate of drug-likeness (QED) is 0.152. The number of anilines is 3. The summed E-state index contributed by atoms with van der Waals surface area (Å²) in [6.07, 6.45) is 0. The van der Waals surface area contributed by atoms with E-state index >= 15 is 0 Å². The third-order valence-electron chi connectivity index (χ3n) is 13.5. The van der Waals surface area contributed by atoms with Gasteiger partial charge in [0.1, 0.15) is 11.2 Å². The predicted molar refractivity (Wildman–Crippen MR) is 273 cm³/mol. The molecule has 65 heavy (non-hydrogen) atoms. The smallest absolute Gasteiger partial charge is 0.136 e. The molecular weight excluding hydrogens is 787 g/mol. The van der Waals surface area contributed by atoms with Gasteiger partial charge in [0.15, 0.2) is 0 Å². The van der Waals surface area contributed by atoms with Crippen LogP contribution in [0.2, 0.25) is 0 Å². The minimum atomic E-state index is -0.132. The topological polar surface area (TPSA) is 16.4 Å². The van der Waals surface area contributed by atoms with Crippen LogP contribution in [0, 0.1) is 0 Å². The second kappa shape index (κ2) is 15.6. The Balaban J connectivity index is 1.13. The highest BCUT2D eigenvalue weighted by Crippen LogP contribution is 2.53. The summed E-state index contributed by atoms with van der Waals surface area (Å²) in [7, 11) is 0. The lowest BCUT2D eigenvalue weighted by Gasteiger charge is -2.31. The second-order valence-electron chi connectivity index (χ2n) is 17.6. The molecule has 2 heteroatoms. The Bertz CT molecular complexity index is 3560. The molecule has 0 saturated heterocycles. The molecule has 308 valence electrons. The summed E-state index contributed by atoms with van der Waals surface area (Å²) in [6, 6.07) is 86.0. The van der Waals surface area contributed by atoms with Crippen LogP contribution in [0.1, 0.15) is 25.0 Å². The molecule has 0 aliphatic heterocycles. The van der Waals surface area contributed by atoms with E-state index in [1.807, 2.05) is 6.07 Å². The summed E-state index contributed by atoms with van der Waals surface area (Å²) in [5, 5.41) is 2.22. The van der Waals surface area contributed by atoms with Crippen LogP contribution in [-0.2, 0) is 5.41 Å². The summed E-state index contributed by atoms with van der Waals surface area (Å²) in [5.41, 5.74) is 21.8. The highest BCUT2D eigenvalue weighted by atomic mass is 16.3. The van der Waals surface area contributed by atoms with Gasteiger partial charge in [0, 0.05) is 33.0 Å². The fourth-order valence-corrected chi connectivity index (χ4v) is 10.4. The van der Waals surface area contributed by atoms with Gasteiger partial charge >= 0.3 is 0 Å². The van der Waals surface area contributed by atoms with E-state index in [-0.39, 0.29) is 5.41 Å². The highest BCUT2D eigenvalue weighted by molar-refractivity contribution is 6.15. The van der Waals surface area contributed by atoms with Crippen LogP contribution < -0.4 is 4.90 Å². The number of fused-ring (bicyclic) bond motifs is 6. The molecule has 1 aromatic heterocycles. The van der Waals surface area contributed by atoms with Gasteiger partial charge in [-0.25, -0.2) is 0 Å². The standard InChI is InChI=1S/C63H45NO/c1-63(2)55-29-12-9-25-50(55)51-39-36-46(41-56(51)63)49-24-10-13-30-57(49)64(48-37-34-44(35-38-48)42-18-5-3-6-19-42)58-31-16-27-52(53-28-17-33-60-62(53)54-26-11-14-32-59(54)65-60)61(58)47-23-15-22-45(40-47)43-20-7-4-8-21-43/h3-41H,1-2H3. The molecule has 10 aromatic carbocycles. The molecule has 0 fully saturated rings. The molecule has 2 nitrogen and oxygen atoms in total. The van der Waals surface area contributed by atoms with E-state index in [0.29, 0.717) is 0 Å². The van der Waals surface area contributed by atoms with Gasteiger partial charge in [0.2, 0.25) is 0 Å². The first-order valence-corrected chi connectivity index (χ1v) is 22.5. The summed E-state index contributed by atoms with van der Waals surface area (Å²) >= 11 is 0. The molecule has 1 aliphatic rings. The van der Waals surface area contributed by atoms with E-state index in [1.54, 1.807) is 0 Å². The van der Waals surface area contributed by atoms with Crippen LogP contribution in [0.3, 0.4) is 0 Å². The third kappa shape index (κ3) is 6.49. The van der Waals surface area contributed by atoms with Crippen molar-refractivity contribution >= 4 is 39.0 Å². The van der Waals surface area contributed by atoms with E-state index in [9.17, 15) is 0 Å². The van der Waals surface area contributed by atoms with Crippen LogP contribution in [0.4, 0.5) is 17.1 Å². The van der Waals surface area contributed by atoms with E-state index in [1.165, 1.54) is 44.5 Å². The highest BCUT2D eigenvalue weighted by Gasteiger charge is 2.35. The van der Waals surface area contributed by atoms with Crippen molar-refractivity contribution in [1.29, 1.82) is 0 Å². The molecule has 0 N–H and O–H groups in total. The Kier molecular flexibility index (Phi) is 9.21. The zero-order valence-electron chi connectivity index (χ0n) is 36.4. The van der Waals surface area contributed by atoms with Gasteiger partial charge < -0.3 is 9.32 Å². The molecule has 0 atom stereocenters. The van der Waals surface area contributed by atoms with Gasteiger partial charge in [0.25, 0.3) is 0 Å². The van der Waals surface area contributed by atoms with Crippen LogP contribution in [0.25, 0.3) is 88.7 Å². The third-order valence-corrected chi connectivity index (χ3v) is 13.5. The summed E-state index contributed by atoms with van der Waals surface area (Å²) in [5.74, 6) is 0. The van der Waals surface area contributed by atoms with Gasteiger partial charge in [-0.1, -0.05) is 202 Å². The van der Waals surface area contributed by atoms with Gasteiger partial charge in [-0.2, -0.15) is 0 Å². The molecule has 0 spiro atoms. The molecule has 0 radical (unpaired) electrons. The number of rotatable bonds is 8. The maximum atomic E-state index is 6.52. The number of hydrogen-bond acceptors (Lipinski definition) is 2. The summed E-state index contributed by atoms with van der Waals surface area (Å²) in [6.45, 7) is 4.72. The number of hydrogen-bond donors (Lipinski definition) is 0. The first-order valence-electron chi connectivity index (χ1n) is 22.5. The molecular formula is C63H45NO. The lowest BCUT2D eigenvalue weighted by Crippen LogP contribution is -2.15. The summed E-state index contributed by atoms with van der Waals surface area (Å²) < 4.78 is 6.52. The molecule has 0 saturated carbocycles. The number of para-hydroxylation sites is 2. The van der Waals surface area contributed by atoms with Crippen molar-refractivity contribution in [3.05, 3.63) is 248 Å². The lowest BCUT2D eigenvalue weighted by molar-refractivity contribution is 0.660. The van der Waals surface area contributed by atoms with Crippen LogP contribution in [0.5, 0.6) is 0 Å². The van der Waals surface area contributed by atoms with Crippen LogP contribution in [-0.4, -0.2) is 0 Å². The van der Waals surface area contributed by atoms with Crippen LogP contribution in [0.15, 0.2) is 241 Å². The average molecular weight is 832 g/mol. The largest absolute Gasteiger partial charge is 0.456 e. The molecule has 1 aliphatic carbocycles. The Hall–Kier alpha value is -8.20. The van der Waals surface area contributed by atoms with Gasteiger partial charge in [-0.3, -0.25) is 0 Å². The SMILES string of the molecule is CC1(C)c2ccccc2-c2ccc(-c3ccccc3N(c3ccc(-c4ccccc4)cc3)c3cccc(-c4cccc5oc6ccccc6c45)c3-c3cccc(-c4ccccc4)c3)cc21. The number of furan rings is 1. The van der Waals surface area contributed by atoms with Crippen molar-refractivity contribution in [3.63, 3.8) is 0 Å². The van der Waals surface area contributed by atoms with Crippen molar-refractivity contribution in [2.45, 2.75) is 19.3 Å². The molecule has 12 rings (SSSR count). The Labute approximate surface area is 380 Å². The van der Waals surface area contributed by atoms with Crippen molar-refractivity contribution in [2.75, 3.05) is 4.90 Å². The predicted octanol–water partition coefficient (Wildman–Crippen LogP) is 17.7. The molecule has 1 heterocycles. The first kappa shape index (κ1) is 38.5. The fourth-order valence-electron chi connectivity index (χ4n) is 10.4. The Morgan fingerprint density at radius 2 is 0.877 bits per heavy atom. The number of nitrogens with zero attached hydrogens (tertiary/aromatic N) is 1. The first-order chi connectivity index (χ1) is 32.0. The van der Waals surface area contributed by atoms with Gasteiger partial charge in [-0.15, -0.1) is 0 Å². The van der Waals surface area contributed by atoms with Crippen LogP contribution >= 0.6 is 0 Å². The van der Waals surface area contributed by atoms with Crippen molar-refractivity contribution in [3.8, 4) is 66.8 Å². The normalized spacial score (nSPS) is 12.6.